The molecule has 0 atom stereocenters. The van der Waals surface area contributed by atoms with Crippen molar-refractivity contribution in [3.8, 4) is 0 Å². The minimum atomic E-state index is -0.603. The molecule has 0 unspecified atom stereocenters. The van der Waals surface area contributed by atoms with Gasteiger partial charge in [-0.3, -0.25) is 4.79 Å². The second-order valence-corrected chi connectivity index (χ2v) is 11.8. The third-order valence-corrected chi connectivity index (χ3v) is 8.32. The number of hydrogen-bond acceptors (Lipinski definition) is 7. The molecule has 2 aliphatic rings. The van der Waals surface area contributed by atoms with Crippen LogP contribution < -0.4 is 5.32 Å². The number of carbonyl (C=O) groups is 1. The highest BCUT2D eigenvalue weighted by atomic mass is 35.5. The highest BCUT2D eigenvalue weighted by molar-refractivity contribution is 5.86. The molecule has 2 aromatic carbocycles. The SMILES string of the molecule is CC(C)OC(=O)C1(c2cn3nc(NCCCN4CCC(OC(c5ccccc5)c5ccccc5)CC4)ccc3n2)CC1.Cl.Cl. The Morgan fingerprint density at radius 1 is 0.955 bits per heavy atom. The van der Waals surface area contributed by atoms with Crippen LogP contribution in [0.5, 0.6) is 0 Å². The lowest BCUT2D eigenvalue weighted by atomic mass is 10.00. The van der Waals surface area contributed by atoms with Gasteiger partial charge < -0.3 is 19.7 Å². The first-order chi connectivity index (χ1) is 20.5. The molecule has 2 aromatic heterocycles. The van der Waals surface area contributed by atoms with E-state index in [1.54, 1.807) is 4.52 Å². The van der Waals surface area contributed by atoms with Gasteiger partial charge in [-0.05, 0) is 75.8 Å². The third kappa shape index (κ3) is 7.91. The van der Waals surface area contributed by atoms with Gasteiger partial charge in [0.2, 0.25) is 0 Å². The molecule has 0 amide bonds. The molecule has 0 bridgehead atoms. The number of carbonyl (C=O) groups excluding carboxylic acids is 1. The number of halogens is 2. The molecular formula is C34H43Cl2N5O3. The minimum Gasteiger partial charge on any atom is -0.462 e. The van der Waals surface area contributed by atoms with E-state index in [0.29, 0.717) is 0 Å². The summed E-state index contributed by atoms with van der Waals surface area (Å²) in [7, 11) is 0. The summed E-state index contributed by atoms with van der Waals surface area (Å²) >= 11 is 0. The second-order valence-electron chi connectivity index (χ2n) is 11.8. The molecule has 236 valence electrons. The maximum Gasteiger partial charge on any atom is 0.318 e. The van der Waals surface area contributed by atoms with Gasteiger partial charge >= 0.3 is 5.97 Å². The summed E-state index contributed by atoms with van der Waals surface area (Å²) in [6.07, 6.45) is 6.62. The van der Waals surface area contributed by atoms with Crippen molar-refractivity contribution in [1.82, 2.24) is 19.5 Å². The Labute approximate surface area is 272 Å². The molecule has 1 aliphatic heterocycles. The van der Waals surface area contributed by atoms with Gasteiger partial charge in [-0.25, -0.2) is 9.50 Å². The van der Waals surface area contributed by atoms with Crippen LogP contribution in [0, 0.1) is 0 Å². The van der Waals surface area contributed by atoms with Crippen molar-refractivity contribution in [3.63, 3.8) is 0 Å². The first-order valence-electron chi connectivity index (χ1n) is 15.3. The van der Waals surface area contributed by atoms with E-state index in [1.165, 1.54) is 11.1 Å². The van der Waals surface area contributed by atoms with Gasteiger partial charge in [-0.1, -0.05) is 60.7 Å². The number of hydrogen-bond donors (Lipinski definition) is 1. The number of nitrogens with one attached hydrogen (secondary N) is 1. The van der Waals surface area contributed by atoms with Crippen molar-refractivity contribution in [2.45, 2.75) is 69.7 Å². The lowest BCUT2D eigenvalue weighted by Gasteiger charge is -2.34. The molecule has 6 rings (SSSR count). The van der Waals surface area contributed by atoms with Gasteiger partial charge in [0, 0.05) is 19.6 Å². The third-order valence-electron chi connectivity index (χ3n) is 8.32. The van der Waals surface area contributed by atoms with Gasteiger partial charge in [0.15, 0.2) is 5.65 Å². The topological polar surface area (TPSA) is 81.0 Å². The number of benzene rings is 2. The zero-order chi connectivity index (χ0) is 28.9. The molecule has 1 saturated heterocycles. The van der Waals surface area contributed by atoms with E-state index in [4.69, 9.17) is 9.47 Å². The van der Waals surface area contributed by atoms with Crippen LogP contribution in [0.25, 0.3) is 5.65 Å². The molecule has 10 heteroatoms. The molecule has 8 nitrogen and oxygen atoms in total. The Hall–Kier alpha value is -3.17. The fourth-order valence-electron chi connectivity index (χ4n) is 5.81. The van der Waals surface area contributed by atoms with Gasteiger partial charge in [0.1, 0.15) is 17.3 Å². The number of likely N-dealkylation sites (tertiary alicyclic amines) is 1. The lowest BCUT2D eigenvalue weighted by Crippen LogP contribution is -2.38. The number of fused-ring (bicyclic) bond motifs is 1. The number of anilines is 1. The van der Waals surface area contributed by atoms with Crippen LogP contribution >= 0.6 is 24.8 Å². The van der Waals surface area contributed by atoms with Crippen molar-refractivity contribution in [2.24, 2.45) is 0 Å². The van der Waals surface area contributed by atoms with Crippen LogP contribution in [0.2, 0.25) is 0 Å². The van der Waals surface area contributed by atoms with Crippen molar-refractivity contribution < 1.29 is 14.3 Å². The molecule has 0 radical (unpaired) electrons. The van der Waals surface area contributed by atoms with Crippen molar-refractivity contribution in [1.29, 1.82) is 0 Å². The number of piperidine rings is 1. The second kappa shape index (κ2) is 15.2. The van der Waals surface area contributed by atoms with E-state index in [-0.39, 0.29) is 49.1 Å². The Balaban J connectivity index is 0.00000221. The monoisotopic (exact) mass is 639 g/mol. The van der Waals surface area contributed by atoms with Crippen LogP contribution in [0.1, 0.15) is 68.9 Å². The maximum atomic E-state index is 12.7. The van der Waals surface area contributed by atoms with E-state index >= 15 is 0 Å². The Morgan fingerprint density at radius 2 is 1.59 bits per heavy atom. The first kappa shape index (κ1) is 33.7. The lowest BCUT2D eigenvalue weighted by molar-refractivity contribution is -0.150. The maximum absolute atomic E-state index is 12.7. The zero-order valence-corrected chi connectivity index (χ0v) is 27.1. The average Bonchev–Trinajstić information content (AvgIpc) is 3.72. The molecule has 1 aliphatic carbocycles. The number of rotatable bonds is 12. The quantitative estimate of drug-likeness (QED) is 0.138. The molecule has 1 saturated carbocycles. The Bertz CT molecular complexity index is 1430. The summed E-state index contributed by atoms with van der Waals surface area (Å²) < 4.78 is 14.0. The van der Waals surface area contributed by atoms with Gasteiger partial charge in [-0.15, -0.1) is 29.9 Å². The molecule has 1 N–H and O–H groups in total. The zero-order valence-electron chi connectivity index (χ0n) is 25.4. The Morgan fingerprint density at radius 3 is 2.18 bits per heavy atom. The number of nitrogens with zero attached hydrogens (tertiary/aromatic N) is 4. The molecule has 4 aromatic rings. The predicted molar refractivity (Wildman–Crippen MR) is 178 cm³/mol. The predicted octanol–water partition coefficient (Wildman–Crippen LogP) is 6.63. The largest absolute Gasteiger partial charge is 0.462 e. The van der Waals surface area contributed by atoms with E-state index < -0.39 is 5.41 Å². The van der Waals surface area contributed by atoms with Crippen molar-refractivity contribution in [3.05, 3.63) is 95.8 Å². The van der Waals surface area contributed by atoms with Crippen LogP contribution in [0.15, 0.2) is 79.0 Å². The van der Waals surface area contributed by atoms with Gasteiger partial charge in [-0.2, -0.15) is 0 Å². The van der Waals surface area contributed by atoms with Crippen LogP contribution in [0.4, 0.5) is 5.82 Å². The van der Waals surface area contributed by atoms with E-state index in [2.05, 4.69) is 81.0 Å². The van der Waals surface area contributed by atoms with Gasteiger partial charge in [0.25, 0.3) is 0 Å². The summed E-state index contributed by atoms with van der Waals surface area (Å²) in [5, 5.41) is 8.15. The normalized spacial score (nSPS) is 16.4. The summed E-state index contributed by atoms with van der Waals surface area (Å²) in [5.41, 5.74) is 3.30. The molecule has 44 heavy (non-hydrogen) atoms. The average molecular weight is 641 g/mol. The van der Waals surface area contributed by atoms with E-state index in [1.807, 2.05) is 32.2 Å². The van der Waals surface area contributed by atoms with Crippen LogP contribution in [-0.2, 0) is 19.7 Å². The molecule has 2 fully saturated rings. The fraction of sp³-hybridized carbons (Fsp3) is 0.441. The van der Waals surface area contributed by atoms with Crippen molar-refractivity contribution >= 4 is 42.2 Å². The molecule has 0 spiro atoms. The molecular weight excluding hydrogens is 597 g/mol. The summed E-state index contributed by atoms with van der Waals surface area (Å²) in [4.78, 5) is 19.9. The molecule has 3 heterocycles. The summed E-state index contributed by atoms with van der Waals surface area (Å²) in [6.45, 7) is 7.72. The minimum absolute atomic E-state index is 0. The number of esters is 1. The fourth-order valence-corrected chi connectivity index (χ4v) is 5.81. The number of ether oxygens (including phenoxy) is 2. The highest BCUT2D eigenvalue weighted by Crippen LogP contribution is 2.49. The first-order valence-corrected chi connectivity index (χ1v) is 15.3. The van der Waals surface area contributed by atoms with Crippen LogP contribution in [0.3, 0.4) is 0 Å². The summed E-state index contributed by atoms with van der Waals surface area (Å²) in [6, 6.07) is 25.0. The smallest absolute Gasteiger partial charge is 0.318 e. The van der Waals surface area contributed by atoms with E-state index in [9.17, 15) is 4.79 Å². The van der Waals surface area contributed by atoms with Gasteiger partial charge in [0.05, 0.1) is 24.1 Å². The summed E-state index contributed by atoms with van der Waals surface area (Å²) in [5.74, 6) is 0.628. The Kier molecular flexibility index (Phi) is 11.7. The van der Waals surface area contributed by atoms with Crippen molar-refractivity contribution in [2.75, 3.05) is 31.5 Å². The van der Waals surface area contributed by atoms with E-state index in [0.717, 1.165) is 75.4 Å². The number of imidazole rings is 1. The highest BCUT2D eigenvalue weighted by Gasteiger charge is 2.55. The van der Waals surface area contributed by atoms with Crippen LogP contribution in [-0.4, -0.2) is 63.9 Å². The number of aromatic nitrogens is 3. The standard InChI is InChI=1S/C34H41N5O3.2ClH/c1-25(2)41-33(40)34(18-19-34)29-24-39-31(36-29)15-14-30(37-39)35-20-9-21-38-22-16-28(17-23-38)42-32(26-10-5-3-6-11-26)27-12-7-4-8-13-27;;/h3-8,10-15,24-25,28,32H,9,16-23H2,1-2H3,(H,35,37);2*1H.